The van der Waals surface area contributed by atoms with E-state index in [4.69, 9.17) is 9.47 Å². The van der Waals surface area contributed by atoms with Crippen molar-refractivity contribution in [2.24, 2.45) is 5.34 Å². The number of esters is 1. The van der Waals surface area contributed by atoms with Crippen LogP contribution < -0.4 is 14.8 Å². The van der Waals surface area contributed by atoms with Crippen LogP contribution in [0, 0.1) is 11.7 Å². The van der Waals surface area contributed by atoms with Gasteiger partial charge in [0.05, 0.1) is 25.5 Å². The summed E-state index contributed by atoms with van der Waals surface area (Å²) in [6, 6.07) is 11.4. The molecule has 11 heteroatoms. The van der Waals surface area contributed by atoms with Crippen molar-refractivity contribution in [2.45, 2.75) is 0 Å². The van der Waals surface area contributed by atoms with Gasteiger partial charge >= 0.3 is 5.97 Å². The Kier molecular flexibility index (Phi) is 11.2. The number of rotatable bonds is 9. The first kappa shape index (κ1) is 25.8. The number of hydrogen-bond acceptors (Lipinski definition) is 8. The standard InChI is InChI=1S/C19H17N2O7.Re.Rf/c1-25-16-9-7-13(11-17(16)26-2)8-10-18(22)20-15-6-4-3-5-14(15)19(23)27-12-28-21-24;;/h3-12H,1-2H3,(H,20,22);;/q-1;;/b10-8+;;. The number of methoxy groups -OCH3 is 2. The summed E-state index contributed by atoms with van der Waals surface area (Å²) >= 11 is 0. The summed E-state index contributed by atoms with van der Waals surface area (Å²) < 4.78 is 15.0. The number of carbonyl (C=O) groups is 2. The predicted molar refractivity (Wildman–Crippen MR) is 100 cm³/mol. The van der Waals surface area contributed by atoms with Crippen molar-refractivity contribution in [3.8, 4) is 11.5 Å². The van der Waals surface area contributed by atoms with Gasteiger partial charge in [-0.3, -0.25) is 4.79 Å². The second-order valence-corrected chi connectivity index (χ2v) is 5.16. The molecular formula is C19H17N2O7ReRf-. The van der Waals surface area contributed by atoms with Crippen LogP contribution in [0.1, 0.15) is 15.9 Å². The van der Waals surface area contributed by atoms with E-state index in [1.807, 2.05) is 0 Å². The quantitative estimate of drug-likeness (QED) is 0.103. The van der Waals surface area contributed by atoms with E-state index in [9.17, 15) is 14.5 Å². The molecule has 2 aromatic rings. The molecule has 2 rings (SSSR count). The second-order valence-electron chi connectivity index (χ2n) is 5.16. The molecule has 9 nitrogen and oxygen atoms in total. The van der Waals surface area contributed by atoms with Crippen LogP contribution in [0.15, 0.2) is 53.9 Å². The third kappa shape index (κ3) is 7.07. The third-order valence-corrected chi connectivity index (χ3v) is 3.48. The van der Waals surface area contributed by atoms with Crippen LogP contribution in [-0.4, -0.2) is 26.1 Å². The Morgan fingerprint density at radius 2 is 1.77 bits per heavy atom. The van der Waals surface area contributed by atoms with Crippen molar-refractivity contribution in [2.75, 3.05) is 19.5 Å². The average Bonchev–Trinajstić information content (AvgIpc) is 2.72. The molecule has 0 aliphatic carbocycles. The van der Waals surface area contributed by atoms with Crippen LogP contribution in [0.5, 0.6) is 11.5 Å². The summed E-state index contributed by atoms with van der Waals surface area (Å²) in [5, 5.41) is 4.65. The maximum absolute atomic E-state index is 12.2. The number of amides is 1. The summed E-state index contributed by atoms with van der Waals surface area (Å²) in [7, 11) is 3.05. The largest absolute Gasteiger partial charge is 0.591 e. The van der Waals surface area contributed by atoms with Crippen molar-refractivity contribution in [1.29, 1.82) is 0 Å². The van der Waals surface area contributed by atoms with Gasteiger partial charge in [-0.05, 0) is 35.9 Å². The topological polar surface area (TPSA) is 113 Å². The van der Waals surface area contributed by atoms with Gasteiger partial charge in [-0.2, -0.15) is 0 Å². The Hall–Kier alpha value is -4.22. The van der Waals surface area contributed by atoms with Gasteiger partial charge in [0.15, 0.2) is 11.5 Å². The average molecular weight is 839 g/mol. The van der Waals surface area contributed by atoms with Crippen LogP contribution in [0.3, 0.4) is 0 Å². The van der Waals surface area contributed by atoms with Gasteiger partial charge < -0.3 is 24.4 Å². The molecule has 0 heterocycles. The Balaban J connectivity index is 0.00000420. The minimum atomic E-state index is -0.830. The minimum Gasteiger partial charge on any atom is -0.591 e. The molecule has 1 amide bonds. The number of anilines is 1. The molecule has 1 radical (unpaired) electrons. The molecule has 2 aromatic carbocycles. The molecule has 0 aliphatic heterocycles. The molecule has 0 bridgehead atoms. The summed E-state index contributed by atoms with van der Waals surface area (Å²) in [4.78, 5) is 37.9. The monoisotopic (exact) mass is 839 g/mol. The summed E-state index contributed by atoms with van der Waals surface area (Å²) in [5.41, 5.74) is 1.01. The molecule has 0 aromatic heterocycles. The zero-order chi connectivity index (χ0) is 20.4. The zero-order valence-electron chi connectivity index (χ0n) is 16.2. The van der Waals surface area contributed by atoms with Crippen LogP contribution in [0.25, 0.3) is 6.08 Å². The molecule has 0 spiro atoms. The fourth-order valence-electron chi connectivity index (χ4n) is 2.22. The van der Waals surface area contributed by atoms with E-state index in [1.54, 1.807) is 36.4 Å². The van der Waals surface area contributed by atoms with Gasteiger partial charge in [-0.1, -0.05) is 18.2 Å². The van der Waals surface area contributed by atoms with E-state index in [1.165, 1.54) is 32.4 Å². The van der Waals surface area contributed by atoms with Crippen molar-refractivity contribution >= 4 is 23.6 Å². The summed E-state index contributed by atoms with van der Waals surface area (Å²) in [6.45, 7) is 0.491. The predicted octanol–water partition coefficient (Wildman–Crippen LogP) is 3.33. The Morgan fingerprint density at radius 3 is 2.43 bits per heavy atom. The van der Waals surface area contributed by atoms with E-state index in [-0.39, 0.29) is 31.7 Å². The number of hydrogen-bond donors (Lipinski definition) is 1. The van der Waals surface area contributed by atoms with Gasteiger partial charge in [0, 0.05) is 33.3 Å². The molecule has 0 atom stereocenters. The van der Waals surface area contributed by atoms with Gasteiger partial charge in [0.1, 0.15) is 5.34 Å². The Bertz CT molecular complexity index is 893. The fraction of sp³-hybridized carbons (Fsp3) is 0.105. The molecule has 0 fully saturated rings. The third-order valence-electron chi connectivity index (χ3n) is 3.48. The van der Waals surface area contributed by atoms with E-state index < -0.39 is 11.9 Å². The SMILES string of the molecule is COc1ccc(/C=C/C(=O)Nc2ccccc2C(=O)O[CH-]ON=O)cc1OC.[Re].[Rf]. The first-order valence-electron chi connectivity index (χ1n) is 7.90. The molecule has 30 heavy (non-hydrogen) atoms. The number of nitrogens with one attached hydrogen (secondary N) is 1. The molecule has 1 N–H and O–H groups in total. The minimum absolute atomic E-state index is 0. The smallest absolute Gasteiger partial charge is 0.311 e. The zero-order valence-corrected chi connectivity index (χ0v) is 25.3. The first-order chi connectivity index (χ1) is 13.6. The van der Waals surface area contributed by atoms with Crippen molar-refractivity contribution in [3.63, 3.8) is 0 Å². The first-order valence-corrected chi connectivity index (χ1v) is 7.90. The number of para-hydroxylation sites is 1. The van der Waals surface area contributed by atoms with Crippen LogP contribution in [0.2, 0.25) is 0 Å². The number of carbonyl (C=O) groups excluding carboxylic acids is 2. The van der Waals surface area contributed by atoms with Crippen molar-refractivity contribution in [1.82, 2.24) is 0 Å². The molecular weight excluding hydrogens is 821 g/mol. The molecule has 0 saturated heterocycles. The van der Waals surface area contributed by atoms with Gasteiger partial charge in [-0.25, -0.2) is 4.79 Å². The van der Waals surface area contributed by atoms with Crippen molar-refractivity contribution < 1.29 is 49.1 Å². The van der Waals surface area contributed by atoms with Crippen LogP contribution in [-0.2, 0) is 34.8 Å². The van der Waals surface area contributed by atoms with E-state index in [0.717, 1.165) is 0 Å². The summed E-state index contributed by atoms with van der Waals surface area (Å²) in [5.74, 6) is -0.197. The number of benzene rings is 2. The van der Waals surface area contributed by atoms with E-state index in [2.05, 4.69) is 20.2 Å². The molecule has 155 valence electrons. The molecule has 0 saturated carbocycles. The summed E-state index contributed by atoms with van der Waals surface area (Å²) in [6.07, 6.45) is 2.88. The van der Waals surface area contributed by atoms with Gasteiger partial charge in [0.25, 0.3) is 0 Å². The Labute approximate surface area is 180 Å². The maximum atomic E-state index is 12.2. The van der Waals surface area contributed by atoms with Gasteiger partial charge in [0.2, 0.25) is 5.91 Å². The normalized spacial score (nSPS) is 9.53. The van der Waals surface area contributed by atoms with E-state index in [0.29, 0.717) is 23.9 Å². The molecule has 0 unspecified atom stereocenters. The number of nitrogens with zero attached hydrogens (tertiary/aromatic N) is 1. The second kappa shape index (κ2) is 13.0. The van der Waals surface area contributed by atoms with E-state index >= 15 is 0 Å². The fourth-order valence-corrected chi connectivity index (χ4v) is 2.22. The van der Waals surface area contributed by atoms with Gasteiger partial charge in [-0.15, -0.1) is 4.91 Å². The van der Waals surface area contributed by atoms with Crippen LogP contribution in [0.4, 0.5) is 5.69 Å². The van der Waals surface area contributed by atoms with Crippen LogP contribution >= 0.6 is 0 Å². The Morgan fingerprint density at radius 1 is 1.07 bits per heavy atom. The molecule has 0 aliphatic rings. The maximum Gasteiger partial charge on any atom is 0.311 e. The number of ether oxygens (including phenoxy) is 3. The van der Waals surface area contributed by atoms with Crippen molar-refractivity contribution in [3.05, 3.63) is 71.4 Å².